The van der Waals surface area contributed by atoms with Crippen LogP contribution in [0.25, 0.3) is 0 Å². The third-order valence-electron chi connectivity index (χ3n) is 1.61. The van der Waals surface area contributed by atoms with Gasteiger partial charge in [0, 0.05) is 17.6 Å². The van der Waals surface area contributed by atoms with Gasteiger partial charge in [0.2, 0.25) is 0 Å². The number of aryl methyl sites for hydroxylation is 1. The number of aliphatic carboxylic acids is 1. The summed E-state index contributed by atoms with van der Waals surface area (Å²) in [5.41, 5.74) is 0.842. The minimum atomic E-state index is -0.786. The summed E-state index contributed by atoms with van der Waals surface area (Å²) in [4.78, 5) is 18.6. The fourth-order valence-electron chi connectivity index (χ4n) is 0.989. The molecular weight excluding hydrogens is 200 g/mol. The summed E-state index contributed by atoms with van der Waals surface area (Å²) < 4.78 is 0. The molecular formula is C9H12N2O2S. The molecule has 1 aromatic heterocycles. The van der Waals surface area contributed by atoms with Crippen molar-refractivity contribution in [1.29, 1.82) is 0 Å². The fraction of sp³-hybridized carbons (Fsp3) is 0.444. The van der Waals surface area contributed by atoms with E-state index in [9.17, 15) is 4.79 Å². The SMILES string of the molecule is Cc1nccnc1SC(C)CC(=O)O. The van der Waals surface area contributed by atoms with Crippen LogP contribution in [-0.2, 0) is 4.79 Å². The maximum Gasteiger partial charge on any atom is 0.304 e. The lowest BCUT2D eigenvalue weighted by Gasteiger charge is -2.08. The van der Waals surface area contributed by atoms with E-state index >= 15 is 0 Å². The van der Waals surface area contributed by atoms with Gasteiger partial charge in [-0.2, -0.15) is 0 Å². The van der Waals surface area contributed by atoms with Crippen LogP contribution >= 0.6 is 11.8 Å². The third kappa shape index (κ3) is 3.33. The lowest BCUT2D eigenvalue weighted by Crippen LogP contribution is -2.06. The van der Waals surface area contributed by atoms with Crippen LogP contribution in [0.3, 0.4) is 0 Å². The summed E-state index contributed by atoms with van der Waals surface area (Å²) in [6, 6.07) is 0. The predicted molar refractivity (Wildman–Crippen MR) is 54.3 cm³/mol. The molecule has 0 fully saturated rings. The summed E-state index contributed by atoms with van der Waals surface area (Å²) in [6.07, 6.45) is 3.38. The van der Waals surface area contributed by atoms with E-state index in [2.05, 4.69) is 9.97 Å². The van der Waals surface area contributed by atoms with Crippen LogP contribution in [-0.4, -0.2) is 26.3 Å². The zero-order chi connectivity index (χ0) is 10.6. The van der Waals surface area contributed by atoms with Crippen molar-refractivity contribution in [2.75, 3.05) is 0 Å². The van der Waals surface area contributed by atoms with E-state index in [0.717, 1.165) is 10.7 Å². The van der Waals surface area contributed by atoms with E-state index in [4.69, 9.17) is 5.11 Å². The van der Waals surface area contributed by atoms with Crippen molar-refractivity contribution in [3.05, 3.63) is 18.1 Å². The lowest BCUT2D eigenvalue weighted by molar-refractivity contribution is -0.136. The van der Waals surface area contributed by atoms with Gasteiger partial charge in [0.1, 0.15) is 5.03 Å². The van der Waals surface area contributed by atoms with Crippen LogP contribution < -0.4 is 0 Å². The number of carboxylic acid groups (broad SMARTS) is 1. The van der Waals surface area contributed by atoms with Crippen molar-refractivity contribution in [3.8, 4) is 0 Å². The average Bonchev–Trinajstić information content (AvgIpc) is 2.07. The Balaban J connectivity index is 2.60. The number of hydrogen-bond donors (Lipinski definition) is 1. The summed E-state index contributed by atoms with van der Waals surface area (Å²) in [5.74, 6) is -0.786. The van der Waals surface area contributed by atoms with Gasteiger partial charge in [0.05, 0.1) is 12.1 Å². The molecule has 5 heteroatoms. The Bertz CT molecular complexity index is 330. The molecule has 1 N–H and O–H groups in total. The minimum Gasteiger partial charge on any atom is -0.481 e. The molecule has 1 rings (SSSR count). The van der Waals surface area contributed by atoms with Crippen LogP contribution in [0.15, 0.2) is 17.4 Å². The molecule has 1 aromatic rings. The predicted octanol–water partition coefficient (Wildman–Crippen LogP) is 1.74. The normalized spacial score (nSPS) is 12.4. The van der Waals surface area contributed by atoms with Crippen LogP contribution in [0.5, 0.6) is 0 Å². The summed E-state index contributed by atoms with van der Waals surface area (Å²) >= 11 is 1.44. The molecule has 1 atom stereocenters. The highest BCUT2D eigenvalue weighted by atomic mass is 32.2. The zero-order valence-electron chi connectivity index (χ0n) is 8.10. The number of carbonyl (C=O) groups is 1. The van der Waals surface area contributed by atoms with Crippen LogP contribution in [0.2, 0.25) is 0 Å². The molecule has 0 aliphatic heterocycles. The number of rotatable bonds is 4. The second kappa shape index (κ2) is 4.95. The van der Waals surface area contributed by atoms with Gasteiger partial charge in [-0.15, -0.1) is 11.8 Å². The Morgan fingerprint density at radius 1 is 1.57 bits per heavy atom. The number of thioether (sulfide) groups is 1. The van der Waals surface area contributed by atoms with Crippen molar-refractivity contribution in [3.63, 3.8) is 0 Å². The molecule has 0 aromatic carbocycles. The first-order valence-corrected chi connectivity index (χ1v) is 5.13. The van der Waals surface area contributed by atoms with E-state index < -0.39 is 5.97 Å². The molecule has 76 valence electrons. The van der Waals surface area contributed by atoms with Gasteiger partial charge in [-0.3, -0.25) is 9.78 Å². The summed E-state index contributed by atoms with van der Waals surface area (Å²) in [6.45, 7) is 3.73. The first-order chi connectivity index (χ1) is 6.59. The van der Waals surface area contributed by atoms with Crippen molar-refractivity contribution in [1.82, 2.24) is 9.97 Å². The lowest BCUT2D eigenvalue weighted by atomic mass is 10.3. The van der Waals surface area contributed by atoms with Crippen LogP contribution in [0.1, 0.15) is 19.0 Å². The van der Waals surface area contributed by atoms with Crippen molar-refractivity contribution in [2.45, 2.75) is 30.5 Å². The molecule has 0 amide bonds. The smallest absolute Gasteiger partial charge is 0.304 e. The molecule has 14 heavy (non-hydrogen) atoms. The first-order valence-electron chi connectivity index (χ1n) is 4.25. The van der Waals surface area contributed by atoms with Gasteiger partial charge in [-0.25, -0.2) is 4.98 Å². The minimum absolute atomic E-state index is 0.0166. The van der Waals surface area contributed by atoms with Crippen molar-refractivity contribution >= 4 is 17.7 Å². The maximum absolute atomic E-state index is 10.4. The summed E-state index contributed by atoms with van der Waals surface area (Å²) in [5, 5.41) is 9.41. The zero-order valence-corrected chi connectivity index (χ0v) is 8.91. The monoisotopic (exact) mass is 212 g/mol. The molecule has 0 aliphatic carbocycles. The molecule has 1 heterocycles. The van der Waals surface area contributed by atoms with Gasteiger partial charge < -0.3 is 5.11 Å². The van der Waals surface area contributed by atoms with Gasteiger partial charge in [-0.05, 0) is 6.92 Å². The van der Waals surface area contributed by atoms with E-state index in [1.165, 1.54) is 11.8 Å². The molecule has 0 bridgehead atoms. The molecule has 1 unspecified atom stereocenters. The van der Waals surface area contributed by atoms with Gasteiger partial charge in [-0.1, -0.05) is 6.92 Å². The molecule has 4 nitrogen and oxygen atoms in total. The van der Waals surface area contributed by atoms with E-state index in [0.29, 0.717) is 0 Å². The van der Waals surface area contributed by atoms with Gasteiger partial charge in [0.15, 0.2) is 0 Å². The largest absolute Gasteiger partial charge is 0.481 e. The Morgan fingerprint density at radius 3 is 2.79 bits per heavy atom. The Labute approximate surface area is 86.8 Å². The first kappa shape index (κ1) is 11.0. The van der Waals surface area contributed by atoms with Crippen molar-refractivity contribution in [2.24, 2.45) is 0 Å². The third-order valence-corrected chi connectivity index (χ3v) is 2.80. The average molecular weight is 212 g/mol. The molecule has 0 saturated carbocycles. The Kier molecular flexibility index (Phi) is 3.88. The highest BCUT2D eigenvalue weighted by Gasteiger charge is 2.11. The number of aromatic nitrogens is 2. The van der Waals surface area contributed by atoms with Crippen molar-refractivity contribution < 1.29 is 9.90 Å². The molecule has 0 aliphatic rings. The van der Waals surface area contributed by atoms with Gasteiger partial charge >= 0.3 is 5.97 Å². The van der Waals surface area contributed by atoms with E-state index in [-0.39, 0.29) is 11.7 Å². The number of carboxylic acids is 1. The highest BCUT2D eigenvalue weighted by Crippen LogP contribution is 2.24. The van der Waals surface area contributed by atoms with E-state index in [1.54, 1.807) is 12.4 Å². The van der Waals surface area contributed by atoms with Gasteiger partial charge in [0.25, 0.3) is 0 Å². The number of hydrogen-bond acceptors (Lipinski definition) is 4. The topological polar surface area (TPSA) is 63.1 Å². The molecule has 0 saturated heterocycles. The second-order valence-electron chi connectivity index (χ2n) is 2.97. The summed E-state index contributed by atoms with van der Waals surface area (Å²) in [7, 11) is 0. The maximum atomic E-state index is 10.4. The fourth-order valence-corrected chi connectivity index (χ4v) is 1.94. The van der Waals surface area contributed by atoms with E-state index in [1.807, 2.05) is 13.8 Å². The van der Waals surface area contributed by atoms with Crippen LogP contribution in [0.4, 0.5) is 0 Å². The highest BCUT2D eigenvalue weighted by molar-refractivity contribution is 7.99. The quantitative estimate of drug-likeness (QED) is 0.770. The standard InChI is InChI=1S/C9H12N2O2S/c1-6(5-8(12)13)14-9-7(2)10-3-4-11-9/h3-4,6H,5H2,1-2H3,(H,12,13). The second-order valence-corrected chi connectivity index (χ2v) is 4.40. The molecule has 0 radical (unpaired) electrons. The molecule has 0 spiro atoms. The Hall–Kier alpha value is -1.10. The van der Waals surface area contributed by atoms with Crippen LogP contribution in [0, 0.1) is 6.92 Å². The number of nitrogens with zero attached hydrogens (tertiary/aromatic N) is 2. The Morgan fingerprint density at radius 2 is 2.21 bits per heavy atom.